The van der Waals surface area contributed by atoms with E-state index in [4.69, 9.17) is 0 Å². The first-order valence-corrected chi connectivity index (χ1v) is 5.22. The van der Waals surface area contributed by atoms with Gasteiger partial charge in [-0.05, 0) is 25.5 Å². The van der Waals surface area contributed by atoms with Crippen molar-refractivity contribution in [2.45, 2.75) is 45.6 Å². The molecule has 74 valence electrons. The molecule has 13 heavy (non-hydrogen) atoms. The normalized spacial score (nSPS) is 12.8. The lowest BCUT2D eigenvalue weighted by molar-refractivity contribution is 0.577. The molecule has 1 heterocycles. The summed E-state index contributed by atoms with van der Waals surface area (Å²) in [6, 6.07) is 4.64. The van der Waals surface area contributed by atoms with Crippen molar-refractivity contribution in [1.82, 2.24) is 4.68 Å². The van der Waals surface area contributed by atoms with Crippen LogP contribution in [-0.2, 0) is 0 Å². The van der Waals surface area contributed by atoms with Crippen molar-refractivity contribution < 1.29 is 0 Å². The Morgan fingerprint density at radius 3 is 2.54 bits per heavy atom. The number of unbranched alkanes of at least 4 members (excludes halogenated alkanes) is 2. The van der Waals surface area contributed by atoms with Gasteiger partial charge in [0.25, 0.3) is 0 Å². The maximum absolute atomic E-state index is 3.40. The molecule has 0 aromatic carbocycles. The number of nitrogens with zero attached hydrogens (tertiary/aromatic N) is 1. The Labute approximate surface area is 80.9 Å². The lowest BCUT2D eigenvalue weighted by Crippen LogP contribution is -2.23. The van der Waals surface area contributed by atoms with Crippen LogP contribution in [0.4, 0.5) is 0 Å². The molecule has 0 fully saturated rings. The highest BCUT2D eigenvalue weighted by atomic mass is 15.4. The molecular weight excluding hydrogens is 160 g/mol. The maximum Gasteiger partial charge on any atom is 0.0396 e. The predicted octanol–water partition coefficient (Wildman–Crippen LogP) is 3.00. The van der Waals surface area contributed by atoms with Crippen LogP contribution in [-0.4, -0.2) is 10.7 Å². The minimum atomic E-state index is 0.568. The molecule has 0 spiro atoms. The average molecular weight is 180 g/mol. The molecule has 0 saturated heterocycles. The molecule has 0 saturated carbocycles. The third-order valence-corrected chi connectivity index (χ3v) is 2.21. The Morgan fingerprint density at radius 1 is 1.23 bits per heavy atom. The topological polar surface area (TPSA) is 17.0 Å². The Morgan fingerprint density at radius 2 is 1.92 bits per heavy atom. The Balaban J connectivity index is 2.14. The first kappa shape index (κ1) is 10.2. The van der Waals surface area contributed by atoms with E-state index in [0.717, 1.165) is 0 Å². The Kier molecular flexibility index (Phi) is 4.44. The van der Waals surface area contributed by atoms with Crippen LogP contribution in [0.3, 0.4) is 0 Å². The van der Waals surface area contributed by atoms with E-state index in [1.165, 1.54) is 25.7 Å². The highest BCUT2D eigenvalue weighted by Crippen LogP contribution is 2.03. The maximum atomic E-state index is 3.40. The number of rotatable bonds is 6. The van der Waals surface area contributed by atoms with Gasteiger partial charge in [0.1, 0.15) is 0 Å². The van der Waals surface area contributed by atoms with Crippen molar-refractivity contribution in [3.63, 3.8) is 0 Å². The summed E-state index contributed by atoms with van der Waals surface area (Å²) in [6.45, 7) is 4.47. The first-order valence-electron chi connectivity index (χ1n) is 5.22. The van der Waals surface area contributed by atoms with Crippen LogP contribution in [0.15, 0.2) is 24.5 Å². The second-order valence-corrected chi connectivity index (χ2v) is 3.62. The fraction of sp³-hybridized carbons (Fsp3) is 0.636. The van der Waals surface area contributed by atoms with Gasteiger partial charge in [-0.25, -0.2) is 0 Å². The van der Waals surface area contributed by atoms with E-state index < -0.39 is 0 Å². The van der Waals surface area contributed by atoms with E-state index in [2.05, 4.69) is 19.3 Å². The van der Waals surface area contributed by atoms with Crippen LogP contribution in [0.2, 0.25) is 0 Å². The summed E-state index contributed by atoms with van der Waals surface area (Å²) < 4.78 is 2.02. The number of hydrogen-bond acceptors (Lipinski definition) is 1. The molecule has 0 radical (unpaired) electrons. The molecule has 0 aliphatic carbocycles. The summed E-state index contributed by atoms with van der Waals surface area (Å²) in [5.74, 6) is 0. The van der Waals surface area contributed by atoms with Gasteiger partial charge in [-0.3, -0.25) is 4.68 Å². The Bertz CT molecular complexity index is 204. The zero-order valence-electron chi connectivity index (χ0n) is 8.66. The van der Waals surface area contributed by atoms with Gasteiger partial charge in [0.15, 0.2) is 0 Å². The quantitative estimate of drug-likeness (QED) is 0.666. The van der Waals surface area contributed by atoms with Gasteiger partial charge >= 0.3 is 0 Å². The molecule has 0 amide bonds. The molecular formula is C11H20N2. The van der Waals surface area contributed by atoms with Crippen molar-refractivity contribution in [3.05, 3.63) is 24.5 Å². The van der Waals surface area contributed by atoms with E-state index >= 15 is 0 Å². The van der Waals surface area contributed by atoms with Crippen LogP contribution >= 0.6 is 0 Å². The molecule has 2 nitrogen and oxygen atoms in total. The van der Waals surface area contributed by atoms with Crippen molar-refractivity contribution in [2.75, 3.05) is 5.43 Å². The molecule has 1 aromatic heterocycles. The molecule has 1 atom stereocenters. The zero-order chi connectivity index (χ0) is 9.52. The second kappa shape index (κ2) is 5.68. The molecule has 0 bridgehead atoms. The lowest BCUT2D eigenvalue weighted by Gasteiger charge is -2.15. The third kappa shape index (κ3) is 4.02. The number of hydrogen-bond donors (Lipinski definition) is 1. The van der Waals surface area contributed by atoms with Gasteiger partial charge in [0.2, 0.25) is 0 Å². The summed E-state index contributed by atoms with van der Waals surface area (Å²) in [5.41, 5.74) is 3.40. The molecule has 0 aliphatic rings. The van der Waals surface area contributed by atoms with Gasteiger partial charge in [-0.1, -0.05) is 26.2 Å². The van der Waals surface area contributed by atoms with E-state index in [9.17, 15) is 0 Å². The van der Waals surface area contributed by atoms with Gasteiger partial charge in [0, 0.05) is 18.4 Å². The van der Waals surface area contributed by atoms with Crippen LogP contribution in [0, 0.1) is 0 Å². The predicted molar refractivity (Wildman–Crippen MR) is 57.4 cm³/mol. The smallest absolute Gasteiger partial charge is 0.0396 e. The monoisotopic (exact) mass is 180 g/mol. The lowest BCUT2D eigenvalue weighted by atomic mass is 10.1. The SMILES string of the molecule is CCCCCC(C)Nn1cccc1. The standard InChI is InChI=1S/C11H20N2/c1-3-4-5-8-11(2)12-13-9-6-7-10-13/h6-7,9-12H,3-5,8H2,1-2H3. The van der Waals surface area contributed by atoms with Crippen LogP contribution in [0.25, 0.3) is 0 Å². The van der Waals surface area contributed by atoms with E-state index in [-0.39, 0.29) is 0 Å². The molecule has 0 aliphatic heterocycles. The summed E-state index contributed by atoms with van der Waals surface area (Å²) in [4.78, 5) is 0. The summed E-state index contributed by atoms with van der Waals surface area (Å²) in [6.07, 6.45) is 9.30. The van der Waals surface area contributed by atoms with Gasteiger partial charge in [-0.2, -0.15) is 0 Å². The largest absolute Gasteiger partial charge is 0.324 e. The number of aromatic nitrogens is 1. The zero-order valence-corrected chi connectivity index (χ0v) is 8.66. The first-order chi connectivity index (χ1) is 6.33. The van der Waals surface area contributed by atoms with Gasteiger partial charge in [-0.15, -0.1) is 0 Å². The molecule has 1 aromatic rings. The van der Waals surface area contributed by atoms with E-state index in [0.29, 0.717) is 6.04 Å². The van der Waals surface area contributed by atoms with Crippen molar-refractivity contribution in [2.24, 2.45) is 0 Å². The van der Waals surface area contributed by atoms with Crippen LogP contribution < -0.4 is 5.43 Å². The van der Waals surface area contributed by atoms with E-state index in [1.807, 2.05) is 29.2 Å². The fourth-order valence-corrected chi connectivity index (χ4v) is 1.44. The highest BCUT2D eigenvalue weighted by Gasteiger charge is 1.99. The van der Waals surface area contributed by atoms with Gasteiger partial charge < -0.3 is 5.43 Å². The van der Waals surface area contributed by atoms with Crippen LogP contribution in [0.1, 0.15) is 39.5 Å². The van der Waals surface area contributed by atoms with Crippen molar-refractivity contribution in [1.29, 1.82) is 0 Å². The van der Waals surface area contributed by atoms with Crippen molar-refractivity contribution >= 4 is 0 Å². The van der Waals surface area contributed by atoms with Crippen molar-refractivity contribution in [3.8, 4) is 0 Å². The molecule has 2 heteroatoms. The van der Waals surface area contributed by atoms with Gasteiger partial charge in [0.05, 0.1) is 0 Å². The summed E-state index contributed by atoms with van der Waals surface area (Å²) in [7, 11) is 0. The molecule has 1 N–H and O–H groups in total. The second-order valence-electron chi connectivity index (χ2n) is 3.62. The van der Waals surface area contributed by atoms with Crippen LogP contribution in [0.5, 0.6) is 0 Å². The number of nitrogens with one attached hydrogen (secondary N) is 1. The minimum Gasteiger partial charge on any atom is -0.324 e. The Hall–Kier alpha value is -0.920. The average Bonchev–Trinajstić information content (AvgIpc) is 2.57. The minimum absolute atomic E-state index is 0.568. The van der Waals surface area contributed by atoms with E-state index in [1.54, 1.807) is 0 Å². The summed E-state index contributed by atoms with van der Waals surface area (Å²) >= 11 is 0. The summed E-state index contributed by atoms with van der Waals surface area (Å²) in [5, 5.41) is 0. The fourth-order valence-electron chi connectivity index (χ4n) is 1.44. The highest BCUT2D eigenvalue weighted by molar-refractivity contribution is 4.94. The molecule has 1 rings (SSSR count). The molecule has 1 unspecified atom stereocenters. The third-order valence-electron chi connectivity index (χ3n) is 2.21.